The maximum absolute atomic E-state index is 11.7. The molecule has 0 heterocycles. The van der Waals surface area contributed by atoms with Crippen LogP contribution in [0.5, 0.6) is 0 Å². The van der Waals surface area contributed by atoms with Gasteiger partial charge in [-0.2, -0.15) is 0 Å². The molecule has 22 heavy (non-hydrogen) atoms. The molecule has 2 rings (SSSR count). The smallest absolute Gasteiger partial charge is 0.265 e. The monoisotopic (exact) mass is 297 g/mol. The quantitative estimate of drug-likeness (QED) is 0.637. The number of amides is 1. The molecule has 0 saturated heterocycles. The normalized spacial score (nSPS) is 10.4. The Morgan fingerprint density at radius 1 is 1.09 bits per heavy atom. The van der Waals surface area contributed by atoms with E-state index in [9.17, 15) is 14.7 Å². The molecule has 0 aliphatic carbocycles. The van der Waals surface area contributed by atoms with Crippen molar-refractivity contribution in [2.75, 3.05) is 11.9 Å². The molecule has 112 valence electrons. The number of oxime groups is 1. The van der Waals surface area contributed by atoms with Gasteiger partial charge in [0.1, 0.15) is 0 Å². The van der Waals surface area contributed by atoms with Crippen molar-refractivity contribution in [3.05, 3.63) is 65.7 Å². The summed E-state index contributed by atoms with van der Waals surface area (Å²) in [6.07, 6.45) is 1.47. The van der Waals surface area contributed by atoms with Crippen LogP contribution in [-0.2, 0) is 9.63 Å². The van der Waals surface area contributed by atoms with E-state index >= 15 is 0 Å². The number of hydrogen-bond donors (Lipinski definition) is 1. The van der Waals surface area contributed by atoms with Gasteiger partial charge in [0.2, 0.25) is 0 Å². The molecule has 2 aromatic rings. The first-order valence-corrected chi connectivity index (χ1v) is 6.47. The lowest BCUT2D eigenvalue weighted by Crippen LogP contribution is -2.25. The summed E-state index contributed by atoms with van der Waals surface area (Å²) in [6.45, 7) is -0.329. The Morgan fingerprint density at radius 2 is 1.77 bits per heavy atom. The van der Waals surface area contributed by atoms with Gasteiger partial charge in [-0.25, -0.2) is 0 Å². The third kappa shape index (κ3) is 4.45. The molecule has 0 radical (unpaired) electrons. The van der Waals surface area contributed by atoms with Crippen LogP contribution in [0, 0.1) is 0 Å². The number of carbonyl (C=O) groups excluding carboxylic acids is 2. The lowest BCUT2D eigenvalue weighted by Gasteiger charge is -2.10. The maximum atomic E-state index is 11.7. The van der Waals surface area contributed by atoms with Gasteiger partial charge in [0.15, 0.2) is 6.61 Å². The molecule has 1 N–H and O–H groups in total. The van der Waals surface area contributed by atoms with E-state index in [1.807, 2.05) is 30.3 Å². The average Bonchev–Trinajstić information content (AvgIpc) is 2.53. The summed E-state index contributed by atoms with van der Waals surface area (Å²) >= 11 is 0. The van der Waals surface area contributed by atoms with Gasteiger partial charge < -0.3 is 20.1 Å². The Bertz CT molecular complexity index is 684. The fourth-order valence-electron chi connectivity index (χ4n) is 1.69. The van der Waals surface area contributed by atoms with E-state index in [1.165, 1.54) is 18.3 Å². The molecular weight excluding hydrogens is 284 g/mol. The molecule has 6 nitrogen and oxygen atoms in total. The fourth-order valence-corrected chi connectivity index (χ4v) is 1.69. The number of rotatable bonds is 6. The van der Waals surface area contributed by atoms with Gasteiger partial charge in [-0.1, -0.05) is 53.7 Å². The van der Waals surface area contributed by atoms with E-state index in [2.05, 4.69) is 10.5 Å². The Kier molecular flexibility index (Phi) is 5.25. The summed E-state index contributed by atoms with van der Waals surface area (Å²) in [6, 6.07) is 15.2. The summed E-state index contributed by atoms with van der Waals surface area (Å²) in [5.41, 5.74) is 0.900. The summed E-state index contributed by atoms with van der Waals surface area (Å²) < 4.78 is 0. The Labute approximate surface area is 127 Å². The highest BCUT2D eigenvalue weighted by Gasteiger charge is 2.07. The van der Waals surface area contributed by atoms with Crippen LogP contribution < -0.4 is 10.4 Å². The molecule has 0 atom stereocenters. The number of carboxylic acids is 1. The molecule has 0 fully saturated rings. The van der Waals surface area contributed by atoms with Crippen LogP contribution in [0.2, 0.25) is 0 Å². The molecule has 0 aliphatic heterocycles. The summed E-state index contributed by atoms with van der Waals surface area (Å²) in [5.74, 6) is -1.88. The molecule has 0 bridgehead atoms. The van der Waals surface area contributed by atoms with E-state index < -0.39 is 11.9 Å². The lowest BCUT2D eigenvalue weighted by atomic mass is 10.2. The predicted molar refractivity (Wildman–Crippen MR) is 79.4 cm³/mol. The number of nitrogens with zero attached hydrogens (tertiary/aromatic N) is 1. The Hall–Kier alpha value is -3.15. The number of carbonyl (C=O) groups is 2. The number of benzene rings is 2. The van der Waals surface area contributed by atoms with Crippen molar-refractivity contribution in [2.24, 2.45) is 5.16 Å². The zero-order valence-electron chi connectivity index (χ0n) is 11.6. The van der Waals surface area contributed by atoms with Crippen LogP contribution in [0.25, 0.3) is 0 Å². The van der Waals surface area contributed by atoms with E-state index in [4.69, 9.17) is 4.84 Å². The Morgan fingerprint density at radius 3 is 2.50 bits per heavy atom. The van der Waals surface area contributed by atoms with Crippen LogP contribution in [0.15, 0.2) is 59.8 Å². The minimum Gasteiger partial charge on any atom is -0.545 e. The van der Waals surface area contributed by atoms with Crippen molar-refractivity contribution in [1.29, 1.82) is 0 Å². The van der Waals surface area contributed by atoms with E-state index in [-0.39, 0.29) is 17.9 Å². The van der Waals surface area contributed by atoms with Crippen LogP contribution in [0.1, 0.15) is 15.9 Å². The molecule has 6 heteroatoms. The van der Waals surface area contributed by atoms with Crippen LogP contribution >= 0.6 is 0 Å². The second-order valence-corrected chi connectivity index (χ2v) is 4.30. The first kappa shape index (κ1) is 15.2. The molecule has 0 aromatic heterocycles. The summed E-state index contributed by atoms with van der Waals surface area (Å²) in [4.78, 5) is 27.4. The fraction of sp³-hybridized carbons (Fsp3) is 0.0625. The maximum Gasteiger partial charge on any atom is 0.265 e. The van der Waals surface area contributed by atoms with Crippen LogP contribution in [-0.4, -0.2) is 24.7 Å². The zero-order valence-corrected chi connectivity index (χ0v) is 11.6. The minimum absolute atomic E-state index is 0.0939. The molecule has 1 amide bonds. The molecule has 0 spiro atoms. The highest BCUT2D eigenvalue weighted by molar-refractivity contribution is 6.00. The second kappa shape index (κ2) is 7.58. The molecule has 0 unspecified atom stereocenters. The van der Waals surface area contributed by atoms with Crippen molar-refractivity contribution >= 4 is 23.8 Å². The van der Waals surface area contributed by atoms with Crippen molar-refractivity contribution in [3.8, 4) is 0 Å². The number of para-hydroxylation sites is 1. The lowest BCUT2D eigenvalue weighted by molar-refractivity contribution is -0.254. The van der Waals surface area contributed by atoms with E-state index in [1.54, 1.807) is 12.1 Å². The van der Waals surface area contributed by atoms with Gasteiger partial charge in [-0.3, -0.25) is 4.79 Å². The van der Waals surface area contributed by atoms with Crippen molar-refractivity contribution in [1.82, 2.24) is 0 Å². The number of carboxylic acid groups (broad SMARTS) is 1. The number of nitrogens with one attached hydrogen (secondary N) is 1. The molecule has 0 saturated carbocycles. The standard InChI is InChI=1S/C16H14N2O4/c19-15(11-22-17-10-12-6-2-1-3-7-12)18-14-9-5-4-8-13(14)16(20)21/h1-10H,11H2,(H,18,19)(H,20,21)/p-1/b17-10-. The molecule has 0 aliphatic rings. The van der Waals surface area contributed by atoms with Crippen LogP contribution in [0.4, 0.5) is 5.69 Å². The second-order valence-electron chi connectivity index (χ2n) is 4.30. The van der Waals surface area contributed by atoms with Crippen molar-refractivity contribution < 1.29 is 19.5 Å². The van der Waals surface area contributed by atoms with Gasteiger partial charge in [0, 0.05) is 11.3 Å². The summed E-state index contributed by atoms with van der Waals surface area (Å²) in [5, 5.41) is 17.0. The van der Waals surface area contributed by atoms with Crippen molar-refractivity contribution in [2.45, 2.75) is 0 Å². The zero-order chi connectivity index (χ0) is 15.8. The van der Waals surface area contributed by atoms with Gasteiger partial charge in [-0.15, -0.1) is 0 Å². The summed E-state index contributed by atoms with van der Waals surface area (Å²) in [7, 11) is 0. The first-order valence-electron chi connectivity index (χ1n) is 6.47. The van der Waals surface area contributed by atoms with E-state index in [0.29, 0.717) is 0 Å². The Balaban J connectivity index is 1.86. The van der Waals surface area contributed by atoms with Gasteiger partial charge in [0.25, 0.3) is 5.91 Å². The van der Waals surface area contributed by atoms with Gasteiger partial charge in [-0.05, 0) is 11.6 Å². The molecule has 2 aromatic carbocycles. The topological polar surface area (TPSA) is 90.8 Å². The third-order valence-electron chi connectivity index (χ3n) is 2.69. The third-order valence-corrected chi connectivity index (χ3v) is 2.69. The van der Waals surface area contributed by atoms with E-state index in [0.717, 1.165) is 5.56 Å². The number of anilines is 1. The predicted octanol–water partition coefficient (Wildman–Crippen LogP) is 1.04. The van der Waals surface area contributed by atoms with Gasteiger partial charge in [0.05, 0.1) is 12.2 Å². The molecular formula is C16H13N2O4-. The number of hydrogen-bond acceptors (Lipinski definition) is 5. The highest BCUT2D eigenvalue weighted by Crippen LogP contribution is 2.13. The number of aromatic carboxylic acids is 1. The average molecular weight is 297 g/mol. The SMILES string of the molecule is O=C(CO/N=C\c1ccccc1)Nc1ccccc1C(=O)[O-]. The van der Waals surface area contributed by atoms with Crippen molar-refractivity contribution in [3.63, 3.8) is 0 Å². The largest absolute Gasteiger partial charge is 0.545 e. The highest BCUT2D eigenvalue weighted by atomic mass is 16.6. The van der Waals surface area contributed by atoms with Crippen LogP contribution in [0.3, 0.4) is 0 Å². The minimum atomic E-state index is -1.36. The first-order chi connectivity index (χ1) is 10.7. The van der Waals surface area contributed by atoms with Gasteiger partial charge >= 0.3 is 0 Å².